The summed E-state index contributed by atoms with van der Waals surface area (Å²) in [6.07, 6.45) is 0. The van der Waals surface area contributed by atoms with Crippen LogP contribution in [0, 0.1) is 0 Å². The smallest absolute Gasteiger partial charge is 0.143 e. The minimum absolute atomic E-state index is 0.00784. The highest BCUT2D eigenvalue weighted by Crippen LogP contribution is 2.49. The molecule has 1 aromatic heterocycles. The van der Waals surface area contributed by atoms with Crippen LogP contribution in [0.1, 0.15) is 17.8 Å². The fourth-order valence-corrected chi connectivity index (χ4v) is 6.96. The lowest BCUT2D eigenvalue weighted by atomic mass is 9.83. The quantitative estimate of drug-likeness (QED) is 0.182. The fraction of sp³-hybridized carbons (Fsp3) is 0. The van der Waals surface area contributed by atoms with E-state index in [9.17, 15) is 5.48 Å². The Balaban J connectivity index is 1.51. The summed E-state index contributed by atoms with van der Waals surface area (Å²) in [4.78, 5) is 0. The molecule has 0 aliphatic rings. The molecule has 0 radical (unpaired) electrons. The van der Waals surface area contributed by atoms with Gasteiger partial charge in [-0.1, -0.05) is 151 Å². The second-order valence-corrected chi connectivity index (χ2v) is 11.4. The van der Waals surface area contributed by atoms with Gasteiger partial charge in [0, 0.05) is 16.3 Å². The maximum absolute atomic E-state index is 9.56. The van der Waals surface area contributed by atoms with Crippen LogP contribution < -0.4 is 0 Å². The molecule has 0 aliphatic heterocycles. The van der Waals surface area contributed by atoms with Crippen LogP contribution >= 0.6 is 0 Å². The van der Waals surface area contributed by atoms with E-state index in [1.807, 2.05) is 66.7 Å². The van der Waals surface area contributed by atoms with Crippen molar-refractivity contribution >= 4 is 65.0 Å². The summed E-state index contributed by atoms with van der Waals surface area (Å²) in [5.41, 5.74) is 1.62. The monoisotopic (exact) mass is 609 g/mol. The van der Waals surface area contributed by atoms with E-state index in [4.69, 9.17) is 16.8 Å². The molecular formula is C46H28O. The maximum Gasteiger partial charge on any atom is 0.143 e. The molecule has 10 rings (SSSR count). The summed E-state index contributed by atoms with van der Waals surface area (Å²) >= 11 is 0. The van der Waals surface area contributed by atoms with Gasteiger partial charge in [-0.3, -0.25) is 0 Å². The Bertz CT molecular complexity index is 3480. The highest BCUT2D eigenvalue weighted by Gasteiger charge is 2.23. The van der Waals surface area contributed by atoms with Crippen LogP contribution in [0.15, 0.2) is 174 Å². The minimum Gasteiger partial charge on any atom is -0.455 e. The number of hydrogen-bond acceptors (Lipinski definition) is 1. The lowest BCUT2D eigenvalue weighted by molar-refractivity contribution is 0.670. The van der Waals surface area contributed by atoms with Gasteiger partial charge in [0.25, 0.3) is 0 Å². The Morgan fingerprint density at radius 2 is 0.957 bits per heavy atom. The molecule has 1 heterocycles. The third-order valence-electron chi connectivity index (χ3n) is 8.96. The van der Waals surface area contributed by atoms with Gasteiger partial charge < -0.3 is 4.42 Å². The molecule has 1 nitrogen and oxygen atoms in total. The molecule has 0 atom stereocenters. The van der Waals surface area contributed by atoms with E-state index in [0.29, 0.717) is 27.3 Å². The van der Waals surface area contributed by atoms with Crippen LogP contribution in [-0.4, -0.2) is 0 Å². The lowest BCUT2D eigenvalue weighted by Gasteiger charge is -2.19. The van der Waals surface area contributed by atoms with Crippen LogP contribution in [0.4, 0.5) is 0 Å². The summed E-state index contributed by atoms with van der Waals surface area (Å²) in [5.74, 6) is 0. The number of hydrogen-bond donors (Lipinski definition) is 0. The fourth-order valence-electron chi connectivity index (χ4n) is 6.96. The van der Waals surface area contributed by atoms with Crippen molar-refractivity contribution < 1.29 is 22.2 Å². The van der Waals surface area contributed by atoms with Gasteiger partial charge in [0.15, 0.2) is 0 Å². The van der Waals surface area contributed by atoms with Gasteiger partial charge in [-0.05, 0) is 89.1 Å². The maximum atomic E-state index is 9.56. The van der Waals surface area contributed by atoms with Gasteiger partial charge in [-0.25, -0.2) is 0 Å². The van der Waals surface area contributed by atoms with Crippen LogP contribution in [0.25, 0.3) is 98.4 Å². The average molecular weight is 610 g/mol. The van der Waals surface area contributed by atoms with Crippen LogP contribution in [0.2, 0.25) is 0 Å². The third kappa shape index (κ3) is 3.90. The Morgan fingerprint density at radius 3 is 1.66 bits per heavy atom. The van der Waals surface area contributed by atoms with Crippen LogP contribution in [0.5, 0.6) is 0 Å². The summed E-state index contributed by atoms with van der Waals surface area (Å²) in [6.45, 7) is 0. The summed E-state index contributed by atoms with van der Waals surface area (Å²) < 4.78 is 124. The molecule has 9 aromatic carbocycles. The van der Waals surface area contributed by atoms with E-state index in [1.165, 1.54) is 6.07 Å². The largest absolute Gasteiger partial charge is 0.455 e. The number of furan rings is 1. The standard InChI is InChI=1S/C46H28O/c1-2-13-30(14-3-1)34-25-26-40(45-41-27-31-16-4-5-17-32(31)28-42(41)47-46(34)45)44-38-22-10-8-20-36(38)43(37-21-9-11-23-39(37)44)35-24-12-18-29-15-6-7-19-33(29)35/h1-28H/i1D,2D,3D,8D,9D,10D,11D,13D,14D,20D,21D,22D,23D. The molecule has 0 fully saturated rings. The first-order chi connectivity index (χ1) is 28.7. The third-order valence-corrected chi connectivity index (χ3v) is 8.96. The van der Waals surface area contributed by atoms with Crippen molar-refractivity contribution in [1.82, 2.24) is 0 Å². The number of benzene rings is 9. The predicted octanol–water partition coefficient (Wildman–Crippen LogP) is 13.2. The molecule has 1 heteroatoms. The molecule has 0 bridgehead atoms. The van der Waals surface area contributed by atoms with E-state index in [-0.39, 0.29) is 54.9 Å². The van der Waals surface area contributed by atoms with Gasteiger partial charge in [0.1, 0.15) is 11.2 Å². The molecular weight excluding hydrogens is 569 g/mol. The number of fused-ring (bicyclic) bond motifs is 7. The van der Waals surface area contributed by atoms with Crippen molar-refractivity contribution in [3.05, 3.63) is 170 Å². The molecule has 0 saturated carbocycles. The molecule has 0 amide bonds. The van der Waals surface area contributed by atoms with Gasteiger partial charge >= 0.3 is 0 Å². The zero-order chi connectivity index (χ0) is 42.2. The first-order valence-corrected chi connectivity index (χ1v) is 15.1. The topological polar surface area (TPSA) is 13.1 Å². The van der Waals surface area contributed by atoms with Crippen molar-refractivity contribution in [2.24, 2.45) is 0 Å². The Kier molecular flexibility index (Phi) is 3.55. The van der Waals surface area contributed by atoms with Crippen molar-refractivity contribution in [2.75, 3.05) is 0 Å². The van der Waals surface area contributed by atoms with Gasteiger partial charge in [0.2, 0.25) is 0 Å². The zero-order valence-electron chi connectivity index (χ0n) is 37.6. The predicted molar refractivity (Wildman–Crippen MR) is 200 cm³/mol. The van der Waals surface area contributed by atoms with E-state index in [0.717, 1.165) is 16.2 Å². The molecule has 0 unspecified atom stereocenters. The molecule has 0 saturated heterocycles. The molecule has 0 aliphatic carbocycles. The summed E-state index contributed by atoms with van der Waals surface area (Å²) in [5, 5.41) is 4.14. The highest BCUT2D eigenvalue weighted by molar-refractivity contribution is 6.28. The Labute approximate surface area is 290 Å². The zero-order valence-corrected chi connectivity index (χ0v) is 24.6. The van der Waals surface area contributed by atoms with Crippen molar-refractivity contribution in [1.29, 1.82) is 0 Å². The van der Waals surface area contributed by atoms with E-state index < -0.39 is 78.6 Å². The summed E-state index contributed by atoms with van der Waals surface area (Å²) in [6, 6.07) is 20.9. The SMILES string of the molecule is [2H]c1c([2H])c([2H])c(-c2ccc(-c3c4c([2H])c([2H])c([2H])c([2H])c4c(-c4cccc5ccccc45)c4c([2H])c([2H])c([2H])c([2H])c34)c3c2oc2cc4ccccc4cc23)c([2H])c1[2H]. The number of rotatable bonds is 3. The molecule has 0 spiro atoms. The minimum atomic E-state index is -0.565. The summed E-state index contributed by atoms with van der Waals surface area (Å²) in [7, 11) is 0. The molecule has 218 valence electrons. The Morgan fingerprint density at radius 1 is 0.404 bits per heavy atom. The molecule has 47 heavy (non-hydrogen) atoms. The van der Waals surface area contributed by atoms with Crippen LogP contribution in [0.3, 0.4) is 0 Å². The lowest BCUT2D eigenvalue weighted by Crippen LogP contribution is -1.92. The normalized spacial score (nSPS) is 15.7. The van der Waals surface area contributed by atoms with Crippen molar-refractivity contribution in [2.45, 2.75) is 0 Å². The van der Waals surface area contributed by atoms with E-state index in [2.05, 4.69) is 0 Å². The van der Waals surface area contributed by atoms with Gasteiger partial charge in [-0.2, -0.15) is 0 Å². The van der Waals surface area contributed by atoms with Gasteiger partial charge in [0.05, 0.1) is 17.8 Å². The van der Waals surface area contributed by atoms with Gasteiger partial charge in [-0.15, -0.1) is 0 Å². The molecule has 0 N–H and O–H groups in total. The molecule has 10 aromatic rings. The second kappa shape index (κ2) is 10.2. The van der Waals surface area contributed by atoms with Crippen LogP contribution in [-0.2, 0) is 0 Å². The first-order valence-electron chi connectivity index (χ1n) is 21.6. The van der Waals surface area contributed by atoms with E-state index >= 15 is 0 Å². The first kappa shape index (κ1) is 16.4. The van der Waals surface area contributed by atoms with Crippen molar-refractivity contribution in [3.8, 4) is 33.4 Å². The average Bonchev–Trinajstić information content (AvgIpc) is 3.64. The second-order valence-electron chi connectivity index (χ2n) is 11.4. The highest BCUT2D eigenvalue weighted by atomic mass is 16.3. The van der Waals surface area contributed by atoms with Crippen molar-refractivity contribution in [3.63, 3.8) is 0 Å². The van der Waals surface area contributed by atoms with E-state index in [1.54, 1.807) is 18.2 Å². The Hall–Kier alpha value is -6.18.